The molecule has 0 unspecified atom stereocenters. The van der Waals surface area contributed by atoms with E-state index in [9.17, 15) is 4.79 Å². The molecule has 3 rings (SSSR count). The topological polar surface area (TPSA) is 102 Å². The minimum Gasteiger partial charge on any atom is -0.469 e. The number of nitrogen functional groups attached to an aromatic ring is 1. The molecular formula is C20H27N3O2S. The number of allylic oxidation sites excluding steroid dienone is 2. The third-order valence-corrected chi connectivity index (χ3v) is 6.89. The number of benzene rings is 1. The van der Waals surface area contributed by atoms with Crippen LogP contribution in [-0.2, 0) is 9.53 Å². The van der Waals surface area contributed by atoms with E-state index in [1.165, 1.54) is 7.11 Å². The molecule has 0 amide bonds. The van der Waals surface area contributed by atoms with E-state index in [0.717, 1.165) is 47.6 Å². The van der Waals surface area contributed by atoms with Gasteiger partial charge in [-0.15, -0.1) is 11.8 Å². The Hall–Kier alpha value is -1.95. The summed E-state index contributed by atoms with van der Waals surface area (Å²) in [6.07, 6.45) is 4.82. The van der Waals surface area contributed by atoms with Crippen molar-refractivity contribution in [3.8, 4) is 0 Å². The van der Waals surface area contributed by atoms with E-state index < -0.39 is 0 Å². The average Bonchev–Trinajstić information content (AvgIpc) is 3.03. The highest BCUT2D eigenvalue weighted by Crippen LogP contribution is 2.44. The van der Waals surface area contributed by atoms with Crippen LogP contribution >= 0.6 is 11.8 Å². The summed E-state index contributed by atoms with van der Waals surface area (Å²) in [5.74, 6) is 2.16. The maximum atomic E-state index is 11.5. The number of hydrogen-bond donors (Lipinski definition) is 3. The lowest BCUT2D eigenvalue weighted by atomic mass is 9.74. The summed E-state index contributed by atoms with van der Waals surface area (Å²) in [5, 5.41) is 8.51. The van der Waals surface area contributed by atoms with Gasteiger partial charge in [-0.05, 0) is 49.7 Å². The van der Waals surface area contributed by atoms with Gasteiger partial charge in [0.2, 0.25) is 0 Å². The molecule has 0 spiro atoms. The Balaban J connectivity index is 1.63. The van der Waals surface area contributed by atoms with E-state index >= 15 is 0 Å². The van der Waals surface area contributed by atoms with E-state index in [4.69, 9.17) is 21.6 Å². The van der Waals surface area contributed by atoms with E-state index in [-0.39, 0.29) is 5.97 Å². The van der Waals surface area contributed by atoms with Crippen molar-refractivity contribution in [3.63, 3.8) is 0 Å². The molecule has 1 aromatic carbocycles. The quantitative estimate of drug-likeness (QED) is 0.416. The molecule has 0 aromatic heterocycles. The summed E-state index contributed by atoms with van der Waals surface area (Å²) >= 11 is 1.70. The molecule has 2 aliphatic rings. The molecule has 0 saturated heterocycles. The fourth-order valence-electron chi connectivity index (χ4n) is 4.02. The van der Waals surface area contributed by atoms with E-state index in [0.29, 0.717) is 35.6 Å². The zero-order valence-electron chi connectivity index (χ0n) is 15.2. The van der Waals surface area contributed by atoms with Crippen LogP contribution in [0.3, 0.4) is 0 Å². The van der Waals surface area contributed by atoms with Crippen LogP contribution < -0.4 is 11.5 Å². The molecule has 26 heavy (non-hydrogen) atoms. The Morgan fingerprint density at radius 2 is 1.85 bits per heavy atom. The molecule has 1 heterocycles. The monoisotopic (exact) mass is 373 g/mol. The Labute approximate surface area is 159 Å². The lowest BCUT2D eigenvalue weighted by molar-refractivity contribution is -0.142. The summed E-state index contributed by atoms with van der Waals surface area (Å²) in [6.45, 7) is 0. The molecule has 1 aromatic rings. The normalized spacial score (nSPS) is 26.0. The Bertz CT molecular complexity index is 706. The van der Waals surface area contributed by atoms with Gasteiger partial charge < -0.3 is 16.2 Å². The summed E-state index contributed by atoms with van der Waals surface area (Å²) in [6, 6.07) is 7.40. The van der Waals surface area contributed by atoms with Crippen LogP contribution in [-0.4, -0.2) is 24.5 Å². The third kappa shape index (κ3) is 4.06. The first-order valence-electron chi connectivity index (χ1n) is 9.13. The fraction of sp³-hybridized carbons (Fsp3) is 0.500. The second-order valence-corrected chi connectivity index (χ2v) is 8.29. The van der Waals surface area contributed by atoms with Crippen molar-refractivity contribution in [1.29, 1.82) is 5.41 Å². The second kappa shape index (κ2) is 8.16. The molecule has 1 aliphatic heterocycles. The van der Waals surface area contributed by atoms with Crippen LogP contribution in [0.25, 0.3) is 0 Å². The van der Waals surface area contributed by atoms with Gasteiger partial charge in [-0.25, -0.2) is 0 Å². The van der Waals surface area contributed by atoms with Gasteiger partial charge >= 0.3 is 5.97 Å². The first-order chi connectivity index (χ1) is 12.5. The minimum atomic E-state index is -0.108. The number of nitrogens with one attached hydrogen (secondary N) is 1. The molecule has 6 heteroatoms. The molecule has 5 nitrogen and oxygen atoms in total. The van der Waals surface area contributed by atoms with Gasteiger partial charge in [0.15, 0.2) is 0 Å². The SMILES string of the molecule is COC(=O)CC1CCC([C@@H]2CSC(C(=N)c3ccc(N)cc3)=C2N)CC1. The van der Waals surface area contributed by atoms with Crippen molar-refractivity contribution in [2.24, 2.45) is 23.5 Å². The molecule has 0 radical (unpaired) electrons. The van der Waals surface area contributed by atoms with Crippen LogP contribution in [0.15, 0.2) is 34.9 Å². The number of carbonyl (C=O) groups is 1. The Morgan fingerprint density at radius 3 is 2.46 bits per heavy atom. The summed E-state index contributed by atoms with van der Waals surface area (Å²) < 4.78 is 4.79. The summed E-state index contributed by atoms with van der Waals surface area (Å²) in [4.78, 5) is 12.4. The lowest BCUT2D eigenvalue weighted by Gasteiger charge is -2.32. The number of nitrogens with two attached hydrogens (primary N) is 2. The van der Waals surface area contributed by atoms with Gasteiger partial charge in [0, 0.05) is 35.0 Å². The van der Waals surface area contributed by atoms with Gasteiger partial charge in [-0.2, -0.15) is 0 Å². The molecule has 1 atom stereocenters. The molecule has 1 saturated carbocycles. The summed E-state index contributed by atoms with van der Waals surface area (Å²) in [5.41, 5.74) is 15.1. The van der Waals surface area contributed by atoms with Crippen molar-refractivity contribution < 1.29 is 9.53 Å². The van der Waals surface area contributed by atoms with E-state index in [1.807, 2.05) is 24.3 Å². The first kappa shape index (κ1) is 18.8. The third-order valence-electron chi connectivity index (χ3n) is 5.64. The minimum absolute atomic E-state index is 0.108. The predicted octanol–water partition coefficient (Wildman–Crippen LogP) is 3.54. The number of ether oxygens (including phenoxy) is 1. The largest absolute Gasteiger partial charge is 0.469 e. The number of hydrogen-bond acceptors (Lipinski definition) is 6. The van der Waals surface area contributed by atoms with Gasteiger partial charge in [0.25, 0.3) is 0 Å². The van der Waals surface area contributed by atoms with Crippen molar-refractivity contribution in [3.05, 3.63) is 40.4 Å². The van der Waals surface area contributed by atoms with Gasteiger partial charge in [0.05, 0.1) is 17.7 Å². The maximum absolute atomic E-state index is 11.5. The van der Waals surface area contributed by atoms with Gasteiger partial charge in [0.1, 0.15) is 0 Å². The Kier molecular flexibility index (Phi) is 5.91. The number of anilines is 1. The first-order valence-corrected chi connectivity index (χ1v) is 10.1. The number of rotatable bonds is 5. The second-order valence-electron chi connectivity index (χ2n) is 7.26. The van der Waals surface area contributed by atoms with Crippen LogP contribution in [0.4, 0.5) is 5.69 Å². The van der Waals surface area contributed by atoms with E-state index in [1.54, 1.807) is 11.8 Å². The van der Waals surface area contributed by atoms with Crippen LogP contribution in [0.5, 0.6) is 0 Å². The molecule has 5 N–H and O–H groups in total. The average molecular weight is 374 g/mol. The highest BCUT2D eigenvalue weighted by molar-refractivity contribution is 8.04. The van der Waals surface area contributed by atoms with Gasteiger partial charge in [-0.1, -0.05) is 12.1 Å². The van der Waals surface area contributed by atoms with Crippen molar-refractivity contribution in [1.82, 2.24) is 0 Å². The van der Waals surface area contributed by atoms with Crippen LogP contribution in [0.2, 0.25) is 0 Å². The predicted molar refractivity (Wildman–Crippen MR) is 107 cm³/mol. The molecule has 1 aliphatic carbocycles. The number of carbonyl (C=O) groups excluding carboxylic acids is 1. The van der Waals surface area contributed by atoms with E-state index in [2.05, 4.69) is 0 Å². The van der Waals surface area contributed by atoms with Crippen LogP contribution in [0, 0.1) is 23.2 Å². The van der Waals surface area contributed by atoms with Crippen molar-refractivity contribution in [2.75, 3.05) is 18.6 Å². The molecular weight excluding hydrogens is 346 g/mol. The zero-order chi connectivity index (χ0) is 18.7. The molecule has 0 bridgehead atoms. The lowest BCUT2D eigenvalue weighted by Crippen LogP contribution is -2.27. The highest BCUT2D eigenvalue weighted by atomic mass is 32.2. The number of methoxy groups -OCH3 is 1. The molecule has 1 fully saturated rings. The highest BCUT2D eigenvalue weighted by Gasteiger charge is 2.35. The van der Waals surface area contributed by atoms with Crippen LogP contribution in [0.1, 0.15) is 37.7 Å². The zero-order valence-corrected chi connectivity index (χ0v) is 16.0. The van der Waals surface area contributed by atoms with Crippen molar-refractivity contribution in [2.45, 2.75) is 32.1 Å². The smallest absolute Gasteiger partial charge is 0.305 e. The summed E-state index contributed by atoms with van der Waals surface area (Å²) in [7, 11) is 1.45. The number of thioether (sulfide) groups is 1. The number of esters is 1. The maximum Gasteiger partial charge on any atom is 0.305 e. The Morgan fingerprint density at radius 1 is 1.19 bits per heavy atom. The van der Waals surface area contributed by atoms with Gasteiger partial charge in [-0.3, -0.25) is 10.2 Å². The molecule has 140 valence electrons. The van der Waals surface area contributed by atoms with Crippen molar-refractivity contribution >= 4 is 29.1 Å². The fourth-order valence-corrected chi connectivity index (χ4v) is 5.39. The standard InChI is InChI=1S/C20H27N3O2S/c1-25-17(24)10-12-2-4-13(5-3-12)16-11-26-20(19(16)23)18(22)14-6-8-15(21)9-7-14/h6-9,12-13,16,22H,2-5,10-11,21,23H2,1H3/t12?,13?,16-/m0/s1.